The van der Waals surface area contributed by atoms with Gasteiger partial charge in [0, 0.05) is 12.5 Å². The summed E-state index contributed by atoms with van der Waals surface area (Å²) in [4.78, 5) is 10.7. The Morgan fingerprint density at radius 2 is 2.21 bits per heavy atom. The zero-order chi connectivity index (χ0) is 10.4. The van der Waals surface area contributed by atoms with E-state index in [1.165, 1.54) is 6.42 Å². The average Bonchev–Trinajstić information content (AvgIpc) is 2.16. The van der Waals surface area contributed by atoms with Crippen LogP contribution in [0.1, 0.15) is 38.5 Å². The summed E-state index contributed by atoms with van der Waals surface area (Å²) >= 11 is 0. The number of hydrogen-bond donors (Lipinski definition) is 2. The minimum atomic E-state index is -0.446. The molecule has 0 bridgehead atoms. The van der Waals surface area contributed by atoms with E-state index in [1.807, 2.05) is 0 Å². The van der Waals surface area contributed by atoms with Crippen molar-refractivity contribution >= 4 is 6.03 Å². The minimum absolute atomic E-state index is 0.189. The number of urea groups is 1. The molecule has 0 heterocycles. The van der Waals surface area contributed by atoms with E-state index < -0.39 is 6.03 Å². The zero-order valence-corrected chi connectivity index (χ0v) is 8.33. The Bertz CT molecular complexity index is 234. The second-order valence-electron chi connectivity index (χ2n) is 3.86. The van der Waals surface area contributed by atoms with Crippen LogP contribution >= 0.6 is 0 Å². The van der Waals surface area contributed by atoms with Gasteiger partial charge in [-0.15, -0.1) is 0 Å². The van der Waals surface area contributed by atoms with Crippen LogP contribution in [0.4, 0.5) is 4.79 Å². The summed E-state index contributed by atoms with van der Waals surface area (Å²) in [6, 6.07) is 1.89. The second-order valence-corrected chi connectivity index (χ2v) is 3.86. The number of carbonyl (C=O) groups is 1. The molecule has 0 saturated heterocycles. The lowest BCUT2D eigenvalue weighted by atomic mass is 9.82. The van der Waals surface area contributed by atoms with Crippen LogP contribution in [-0.4, -0.2) is 12.1 Å². The fraction of sp³-hybridized carbons (Fsp3) is 0.800. The molecule has 1 fully saturated rings. The molecule has 2 atom stereocenters. The van der Waals surface area contributed by atoms with Gasteiger partial charge in [0.2, 0.25) is 0 Å². The van der Waals surface area contributed by atoms with Gasteiger partial charge in [-0.25, -0.2) is 4.79 Å². The van der Waals surface area contributed by atoms with Crippen LogP contribution in [-0.2, 0) is 0 Å². The van der Waals surface area contributed by atoms with Crippen molar-refractivity contribution in [1.29, 1.82) is 5.26 Å². The van der Waals surface area contributed by atoms with Gasteiger partial charge in [0.1, 0.15) is 0 Å². The van der Waals surface area contributed by atoms with Gasteiger partial charge in [-0.1, -0.05) is 12.8 Å². The first kappa shape index (κ1) is 10.8. The topological polar surface area (TPSA) is 78.9 Å². The van der Waals surface area contributed by atoms with Gasteiger partial charge in [-0.3, -0.25) is 0 Å². The predicted molar refractivity (Wildman–Crippen MR) is 53.3 cm³/mol. The molecule has 4 heteroatoms. The summed E-state index contributed by atoms with van der Waals surface area (Å²) in [6.07, 6.45) is 5.90. The highest BCUT2D eigenvalue weighted by molar-refractivity contribution is 5.72. The highest BCUT2D eigenvalue weighted by Crippen LogP contribution is 2.27. The van der Waals surface area contributed by atoms with Crippen molar-refractivity contribution in [2.75, 3.05) is 0 Å². The monoisotopic (exact) mass is 195 g/mol. The van der Waals surface area contributed by atoms with Crippen molar-refractivity contribution in [3.63, 3.8) is 0 Å². The number of primary amides is 1. The van der Waals surface area contributed by atoms with Crippen LogP contribution in [0.2, 0.25) is 0 Å². The first-order valence-corrected chi connectivity index (χ1v) is 5.17. The normalized spacial score (nSPS) is 26.5. The van der Waals surface area contributed by atoms with E-state index in [4.69, 9.17) is 11.0 Å². The molecule has 14 heavy (non-hydrogen) atoms. The third-order valence-corrected chi connectivity index (χ3v) is 2.86. The molecule has 0 aromatic heterocycles. The number of nitriles is 1. The molecule has 1 saturated carbocycles. The van der Waals surface area contributed by atoms with Crippen molar-refractivity contribution in [2.24, 2.45) is 11.7 Å². The molecular weight excluding hydrogens is 178 g/mol. The van der Waals surface area contributed by atoms with Crippen molar-refractivity contribution in [2.45, 2.75) is 44.6 Å². The number of nitrogens with two attached hydrogens (primary N) is 1. The lowest BCUT2D eigenvalue weighted by Gasteiger charge is -2.31. The smallest absolute Gasteiger partial charge is 0.312 e. The molecule has 3 N–H and O–H groups in total. The number of nitrogens with one attached hydrogen (secondary N) is 1. The summed E-state index contributed by atoms with van der Waals surface area (Å²) in [5.41, 5.74) is 5.10. The zero-order valence-electron chi connectivity index (χ0n) is 8.33. The number of carbonyl (C=O) groups excluding carboxylic acids is 1. The summed E-state index contributed by atoms with van der Waals surface area (Å²) in [5.74, 6) is 0.441. The summed E-state index contributed by atoms with van der Waals surface area (Å²) < 4.78 is 0. The lowest BCUT2D eigenvalue weighted by molar-refractivity contribution is 0.221. The Kier molecular flexibility index (Phi) is 4.24. The van der Waals surface area contributed by atoms with Crippen LogP contribution in [0, 0.1) is 17.2 Å². The molecular formula is C10H17N3O. The molecule has 0 radical (unpaired) electrons. The van der Waals surface area contributed by atoms with E-state index in [0.29, 0.717) is 12.3 Å². The molecule has 2 unspecified atom stereocenters. The van der Waals surface area contributed by atoms with E-state index in [1.54, 1.807) is 0 Å². The summed E-state index contributed by atoms with van der Waals surface area (Å²) in [6.45, 7) is 0. The molecule has 0 spiro atoms. The molecule has 1 rings (SSSR count). The predicted octanol–water partition coefficient (Wildman–Crippen LogP) is 1.52. The lowest BCUT2D eigenvalue weighted by Crippen LogP contribution is -2.44. The number of nitrogens with zero attached hydrogens (tertiary/aromatic N) is 1. The fourth-order valence-corrected chi connectivity index (χ4v) is 2.18. The van der Waals surface area contributed by atoms with Gasteiger partial charge in [0.05, 0.1) is 6.07 Å². The Balaban J connectivity index is 2.42. The third-order valence-electron chi connectivity index (χ3n) is 2.86. The van der Waals surface area contributed by atoms with E-state index >= 15 is 0 Å². The van der Waals surface area contributed by atoms with E-state index in [0.717, 1.165) is 25.7 Å². The standard InChI is InChI=1S/C10H17N3O/c11-7-3-5-8-4-1-2-6-9(8)13-10(12)14/h8-9H,1-6H2,(H3,12,13,14). The molecule has 1 aliphatic rings. The second kappa shape index (κ2) is 5.48. The Morgan fingerprint density at radius 3 is 2.86 bits per heavy atom. The average molecular weight is 195 g/mol. The molecule has 1 aliphatic carbocycles. The first-order chi connectivity index (χ1) is 6.74. The van der Waals surface area contributed by atoms with E-state index in [2.05, 4.69) is 11.4 Å². The molecule has 4 nitrogen and oxygen atoms in total. The summed E-state index contributed by atoms with van der Waals surface area (Å²) in [7, 11) is 0. The van der Waals surface area contributed by atoms with Crippen molar-refractivity contribution < 1.29 is 4.79 Å². The highest BCUT2D eigenvalue weighted by Gasteiger charge is 2.25. The van der Waals surface area contributed by atoms with Gasteiger partial charge in [0.25, 0.3) is 0 Å². The van der Waals surface area contributed by atoms with Gasteiger partial charge in [-0.2, -0.15) is 5.26 Å². The third kappa shape index (κ3) is 3.25. The van der Waals surface area contributed by atoms with Gasteiger partial charge < -0.3 is 11.1 Å². The van der Waals surface area contributed by atoms with Crippen molar-refractivity contribution in [1.82, 2.24) is 5.32 Å². The van der Waals surface area contributed by atoms with Gasteiger partial charge in [-0.05, 0) is 25.2 Å². The maximum Gasteiger partial charge on any atom is 0.312 e. The summed E-state index contributed by atoms with van der Waals surface area (Å²) in [5, 5.41) is 11.3. The van der Waals surface area contributed by atoms with Crippen LogP contribution in [0.15, 0.2) is 0 Å². The quantitative estimate of drug-likeness (QED) is 0.716. The highest BCUT2D eigenvalue weighted by atomic mass is 16.2. The number of hydrogen-bond acceptors (Lipinski definition) is 2. The van der Waals surface area contributed by atoms with Crippen LogP contribution in [0.25, 0.3) is 0 Å². The van der Waals surface area contributed by atoms with Crippen LogP contribution in [0.3, 0.4) is 0 Å². The Hall–Kier alpha value is -1.24. The molecule has 78 valence electrons. The molecule has 2 amide bonds. The molecule has 0 aromatic rings. The number of rotatable bonds is 3. The maximum absolute atomic E-state index is 10.7. The van der Waals surface area contributed by atoms with Crippen molar-refractivity contribution in [3.8, 4) is 6.07 Å². The maximum atomic E-state index is 10.7. The number of amides is 2. The SMILES string of the molecule is N#CCCC1CCCCC1NC(N)=O. The van der Waals surface area contributed by atoms with Crippen molar-refractivity contribution in [3.05, 3.63) is 0 Å². The van der Waals surface area contributed by atoms with Gasteiger partial charge >= 0.3 is 6.03 Å². The van der Waals surface area contributed by atoms with E-state index in [-0.39, 0.29) is 6.04 Å². The Labute approximate surface area is 84.5 Å². The van der Waals surface area contributed by atoms with Crippen LogP contribution < -0.4 is 11.1 Å². The Morgan fingerprint density at radius 1 is 1.50 bits per heavy atom. The molecule has 0 aliphatic heterocycles. The first-order valence-electron chi connectivity index (χ1n) is 5.17. The fourth-order valence-electron chi connectivity index (χ4n) is 2.18. The largest absolute Gasteiger partial charge is 0.352 e. The molecule has 0 aromatic carbocycles. The van der Waals surface area contributed by atoms with Crippen LogP contribution in [0.5, 0.6) is 0 Å². The minimum Gasteiger partial charge on any atom is -0.352 e. The van der Waals surface area contributed by atoms with E-state index in [9.17, 15) is 4.79 Å². The van der Waals surface area contributed by atoms with Gasteiger partial charge in [0.15, 0.2) is 0 Å².